The van der Waals surface area contributed by atoms with Crippen molar-refractivity contribution in [2.24, 2.45) is 0 Å². The zero-order chi connectivity index (χ0) is 17.5. The Labute approximate surface area is 147 Å². The van der Waals surface area contributed by atoms with Gasteiger partial charge in [0.05, 0.1) is 18.8 Å². The number of fused-ring (bicyclic) bond motifs is 1. The first-order chi connectivity index (χ1) is 12.3. The second-order valence-corrected chi connectivity index (χ2v) is 5.79. The van der Waals surface area contributed by atoms with Gasteiger partial charge in [-0.25, -0.2) is 0 Å². The van der Waals surface area contributed by atoms with Gasteiger partial charge in [0.2, 0.25) is 0 Å². The van der Waals surface area contributed by atoms with Gasteiger partial charge in [-0.15, -0.1) is 0 Å². The summed E-state index contributed by atoms with van der Waals surface area (Å²) < 4.78 is 11.6. The Balaban J connectivity index is 1.46. The normalized spacial score (nSPS) is 10.6. The van der Waals surface area contributed by atoms with Gasteiger partial charge in [0.1, 0.15) is 17.0 Å². The number of pyridine rings is 1. The number of ether oxygens (including phenoxy) is 2. The molecule has 0 radical (unpaired) electrons. The van der Waals surface area contributed by atoms with Gasteiger partial charge in [-0.1, -0.05) is 30.3 Å². The fraction of sp³-hybridized carbons (Fsp3) is 0.238. The van der Waals surface area contributed by atoms with Crippen molar-refractivity contribution in [2.45, 2.75) is 19.8 Å². The van der Waals surface area contributed by atoms with Crippen molar-refractivity contribution in [3.8, 4) is 11.5 Å². The van der Waals surface area contributed by atoms with E-state index in [9.17, 15) is 4.79 Å². The van der Waals surface area contributed by atoms with Gasteiger partial charge in [0, 0.05) is 11.6 Å². The van der Waals surface area contributed by atoms with Crippen LogP contribution >= 0.6 is 0 Å². The van der Waals surface area contributed by atoms with Crippen LogP contribution in [0.1, 0.15) is 30.1 Å². The molecular weight excluding hydrogens is 314 g/mol. The third-order valence-electron chi connectivity index (χ3n) is 3.92. The van der Waals surface area contributed by atoms with E-state index in [1.165, 1.54) is 0 Å². The lowest BCUT2D eigenvalue weighted by atomic mass is 10.1. The highest BCUT2D eigenvalue weighted by Gasteiger charge is 2.07. The van der Waals surface area contributed by atoms with Gasteiger partial charge >= 0.3 is 0 Å². The molecule has 2 aromatic carbocycles. The molecule has 0 aliphatic rings. The van der Waals surface area contributed by atoms with E-state index in [1.807, 2.05) is 48.5 Å². The number of carbonyl (C=O) groups excluding carboxylic acids is 1. The van der Waals surface area contributed by atoms with Crippen LogP contribution in [0.2, 0.25) is 0 Å². The number of ketones is 1. The molecule has 4 heteroatoms. The van der Waals surface area contributed by atoms with Gasteiger partial charge in [-0.05, 0) is 44.0 Å². The summed E-state index contributed by atoms with van der Waals surface area (Å²) in [5.41, 5.74) is 1.51. The maximum atomic E-state index is 11.6. The molecule has 0 amide bonds. The second kappa shape index (κ2) is 8.29. The molecule has 0 unspecified atom stereocenters. The molecule has 1 aromatic heterocycles. The smallest absolute Gasteiger partial charge is 0.163 e. The van der Waals surface area contributed by atoms with Gasteiger partial charge in [0.25, 0.3) is 0 Å². The Morgan fingerprint density at radius 1 is 0.880 bits per heavy atom. The number of rotatable bonds is 8. The molecule has 0 aliphatic heterocycles. The van der Waals surface area contributed by atoms with Crippen molar-refractivity contribution >= 4 is 16.7 Å². The number of unbranched alkanes of at least 4 members (excludes halogenated alkanes) is 1. The van der Waals surface area contributed by atoms with E-state index in [2.05, 4.69) is 4.98 Å². The van der Waals surface area contributed by atoms with Crippen LogP contribution in [0.25, 0.3) is 10.9 Å². The molecule has 128 valence electrons. The zero-order valence-corrected chi connectivity index (χ0v) is 14.3. The minimum atomic E-state index is 0.0161. The van der Waals surface area contributed by atoms with Crippen LogP contribution in [0.4, 0.5) is 0 Å². The first-order valence-electron chi connectivity index (χ1n) is 8.45. The summed E-state index contributed by atoms with van der Waals surface area (Å²) in [6.07, 6.45) is 3.49. The molecule has 3 aromatic rings. The van der Waals surface area contributed by atoms with Crippen LogP contribution in [0, 0.1) is 0 Å². The van der Waals surface area contributed by atoms with Crippen LogP contribution in [-0.2, 0) is 0 Å². The fourth-order valence-corrected chi connectivity index (χ4v) is 2.64. The number of carbonyl (C=O) groups is 1. The average molecular weight is 335 g/mol. The molecule has 0 fully saturated rings. The minimum Gasteiger partial charge on any atom is -0.493 e. The predicted molar refractivity (Wildman–Crippen MR) is 98.4 cm³/mol. The summed E-state index contributed by atoms with van der Waals surface area (Å²) in [5.74, 6) is 1.47. The minimum absolute atomic E-state index is 0.0161. The summed E-state index contributed by atoms with van der Waals surface area (Å²) in [5, 5.41) is 1.07. The van der Waals surface area contributed by atoms with Gasteiger partial charge in [-0.3, -0.25) is 9.78 Å². The van der Waals surface area contributed by atoms with Crippen molar-refractivity contribution in [2.75, 3.05) is 13.2 Å². The number of hydrogen-bond donors (Lipinski definition) is 0. The maximum Gasteiger partial charge on any atom is 0.163 e. The van der Waals surface area contributed by atoms with E-state index in [0.717, 1.165) is 29.5 Å². The number of Topliss-reactive ketones (excluding diaryl/α,β-unsaturated/α-hetero) is 1. The molecule has 1 heterocycles. The standard InChI is InChI=1S/C21H21NO3/c1-16(23)18-10-2-3-11-19(18)24-14-4-5-15-25-20-12-6-8-17-9-7-13-22-21(17)20/h2-3,6-13H,4-5,14-15H2,1H3. The van der Waals surface area contributed by atoms with Crippen LogP contribution in [-0.4, -0.2) is 24.0 Å². The number of aromatic nitrogens is 1. The van der Waals surface area contributed by atoms with E-state index >= 15 is 0 Å². The third kappa shape index (κ3) is 4.35. The lowest BCUT2D eigenvalue weighted by Gasteiger charge is -2.10. The lowest BCUT2D eigenvalue weighted by Crippen LogP contribution is -2.05. The Hall–Kier alpha value is -2.88. The van der Waals surface area contributed by atoms with Gasteiger partial charge in [-0.2, -0.15) is 0 Å². The lowest BCUT2D eigenvalue weighted by molar-refractivity contribution is 0.101. The number of benzene rings is 2. The van der Waals surface area contributed by atoms with Crippen molar-refractivity contribution in [1.82, 2.24) is 4.98 Å². The summed E-state index contributed by atoms with van der Waals surface area (Å²) in [7, 11) is 0. The van der Waals surface area contributed by atoms with Crippen LogP contribution in [0.15, 0.2) is 60.8 Å². The van der Waals surface area contributed by atoms with Crippen LogP contribution in [0.3, 0.4) is 0 Å². The first-order valence-corrected chi connectivity index (χ1v) is 8.45. The third-order valence-corrected chi connectivity index (χ3v) is 3.92. The first kappa shape index (κ1) is 17.0. The van der Waals surface area contributed by atoms with Crippen molar-refractivity contribution in [3.63, 3.8) is 0 Å². The van der Waals surface area contributed by atoms with E-state index in [-0.39, 0.29) is 5.78 Å². The molecule has 0 atom stereocenters. The highest BCUT2D eigenvalue weighted by Crippen LogP contribution is 2.23. The molecule has 0 spiro atoms. The summed E-state index contributed by atoms with van der Waals surface area (Å²) in [6, 6.07) is 17.2. The summed E-state index contributed by atoms with van der Waals surface area (Å²) in [6.45, 7) is 2.71. The topological polar surface area (TPSA) is 48.4 Å². The van der Waals surface area contributed by atoms with Gasteiger partial charge in [0.15, 0.2) is 5.78 Å². The molecule has 25 heavy (non-hydrogen) atoms. The second-order valence-electron chi connectivity index (χ2n) is 5.79. The van der Waals surface area contributed by atoms with Crippen molar-refractivity contribution in [3.05, 3.63) is 66.4 Å². The van der Waals surface area contributed by atoms with E-state index in [1.54, 1.807) is 19.2 Å². The molecule has 0 saturated heterocycles. The summed E-state index contributed by atoms with van der Waals surface area (Å²) in [4.78, 5) is 15.9. The molecule has 4 nitrogen and oxygen atoms in total. The average Bonchev–Trinajstić information content (AvgIpc) is 2.65. The number of hydrogen-bond acceptors (Lipinski definition) is 4. The van der Waals surface area contributed by atoms with Crippen molar-refractivity contribution < 1.29 is 14.3 Å². The molecule has 0 N–H and O–H groups in total. The number of para-hydroxylation sites is 2. The fourth-order valence-electron chi connectivity index (χ4n) is 2.64. The highest BCUT2D eigenvalue weighted by atomic mass is 16.5. The molecule has 0 aliphatic carbocycles. The van der Waals surface area contributed by atoms with E-state index in [4.69, 9.17) is 9.47 Å². The quantitative estimate of drug-likeness (QED) is 0.443. The molecule has 3 rings (SSSR count). The Bertz CT molecular complexity index is 855. The predicted octanol–water partition coefficient (Wildman–Crippen LogP) is 4.68. The maximum absolute atomic E-state index is 11.6. The highest BCUT2D eigenvalue weighted by molar-refractivity contribution is 5.96. The zero-order valence-electron chi connectivity index (χ0n) is 14.3. The van der Waals surface area contributed by atoms with Crippen LogP contribution < -0.4 is 9.47 Å². The summed E-state index contributed by atoms with van der Waals surface area (Å²) >= 11 is 0. The van der Waals surface area contributed by atoms with E-state index in [0.29, 0.717) is 24.5 Å². The largest absolute Gasteiger partial charge is 0.493 e. The van der Waals surface area contributed by atoms with Crippen molar-refractivity contribution in [1.29, 1.82) is 0 Å². The molecule has 0 saturated carbocycles. The monoisotopic (exact) mass is 335 g/mol. The SMILES string of the molecule is CC(=O)c1ccccc1OCCCCOc1cccc2cccnc12. The van der Waals surface area contributed by atoms with Crippen LogP contribution in [0.5, 0.6) is 11.5 Å². The Morgan fingerprint density at radius 2 is 1.56 bits per heavy atom. The Morgan fingerprint density at radius 3 is 2.36 bits per heavy atom. The molecule has 0 bridgehead atoms. The molecular formula is C21H21NO3. The van der Waals surface area contributed by atoms with E-state index < -0.39 is 0 Å². The Kier molecular flexibility index (Phi) is 5.62. The number of nitrogens with zero attached hydrogens (tertiary/aromatic N) is 1. The van der Waals surface area contributed by atoms with Gasteiger partial charge < -0.3 is 9.47 Å².